The third-order valence-corrected chi connectivity index (χ3v) is 3.86. The average Bonchev–Trinajstić information content (AvgIpc) is 2.69. The molecule has 2 aromatic carbocycles. The van der Waals surface area contributed by atoms with Gasteiger partial charge in [0.05, 0.1) is 5.56 Å². The van der Waals surface area contributed by atoms with Crippen LogP contribution >= 0.6 is 0 Å². The standard InChI is InChI=1S/C22H25NO4/c1-4-23(14-17(2)3)21(24)16-27-22(25)19-10-12-20(13-11-19)26-15-18-8-6-5-7-9-18/h5-13H,2,4,14-16H2,1,3H3. The number of benzene rings is 2. The van der Waals surface area contributed by atoms with Crippen LogP contribution in [0.25, 0.3) is 0 Å². The summed E-state index contributed by atoms with van der Waals surface area (Å²) in [5, 5.41) is 0. The zero-order chi connectivity index (χ0) is 19.6. The van der Waals surface area contributed by atoms with Crippen LogP contribution < -0.4 is 4.74 Å². The second-order valence-electron chi connectivity index (χ2n) is 6.24. The molecule has 0 atom stereocenters. The summed E-state index contributed by atoms with van der Waals surface area (Å²) >= 11 is 0. The molecule has 0 N–H and O–H groups in total. The monoisotopic (exact) mass is 367 g/mol. The van der Waals surface area contributed by atoms with Crippen molar-refractivity contribution in [2.24, 2.45) is 0 Å². The Morgan fingerprint density at radius 2 is 1.70 bits per heavy atom. The third-order valence-electron chi connectivity index (χ3n) is 3.86. The van der Waals surface area contributed by atoms with Gasteiger partial charge in [0.25, 0.3) is 5.91 Å². The second kappa shape index (κ2) is 10.2. The molecular formula is C22H25NO4. The van der Waals surface area contributed by atoms with E-state index in [2.05, 4.69) is 6.58 Å². The van der Waals surface area contributed by atoms with E-state index < -0.39 is 5.97 Å². The minimum absolute atomic E-state index is 0.239. The molecule has 2 rings (SSSR count). The van der Waals surface area contributed by atoms with Crippen LogP contribution in [0.15, 0.2) is 66.7 Å². The smallest absolute Gasteiger partial charge is 0.338 e. The minimum atomic E-state index is -0.538. The molecule has 0 aliphatic rings. The summed E-state index contributed by atoms with van der Waals surface area (Å²) in [5.74, 6) is -0.119. The molecule has 5 nitrogen and oxygen atoms in total. The zero-order valence-corrected chi connectivity index (χ0v) is 15.8. The van der Waals surface area contributed by atoms with E-state index in [-0.39, 0.29) is 12.5 Å². The van der Waals surface area contributed by atoms with E-state index in [1.54, 1.807) is 29.2 Å². The highest BCUT2D eigenvalue weighted by Gasteiger charge is 2.15. The summed E-state index contributed by atoms with van der Waals surface area (Å²) < 4.78 is 10.8. The van der Waals surface area contributed by atoms with E-state index in [0.717, 1.165) is 11.1 Å². The molecule has 0 spiro atoms. The lowest BCUT2D eigenvalue weighted by Gasteiger charge is -2.20. The Balaban J connectivity index is 1.84. The molecule has 0 radical (unpaired) electrons. The lowest BCUT2D eigenvalue weighted by Crippen LogP contribution is -2.35. The van der Waals surface area contributed by atoms with Gasteiger partial charge in [0.2, 0.25) is 0 Å². The lowest BCUT2D eigenvalue weighted by molar-refractivity contribution is -0.133. The number of amides is 1. The Hall–Kier alpha value is -3.08. The molecule has 0 aliphatic carbocycles. The third kappa shape index (κ3) is 6.62. The molecule has 0 saturated heterocycles. The molecular weight excluding hydrogens is 342 g/mol. The zero-order valence-electron chi connectivity index (χ0n) is 15.8. The largest absolute Gasteiger partial charge is 0.489 e. The Kier molecular flexibility index (Phi) is 7.62. The Morgan fingerprint density at radius 1 is 1.04 bits per heavy atom. The predicted octanol–water partition coefficient (Wildman–Crippen LogP) is 3.85. The van der Waals surface area contributed by atoms with E-state index >= 15 is 0 Å². The van der Waals surface area contributed by atoms with E-state index in [9.17, 15) is 9.59 Å². The van der Waals surface area contributed by atoms with E-state index in [1.165, 1.54) is 0 Å². The molecule has 27 heavy (non-hydrogen) atoms. The molecule has 0 unspecified atom stereocenters. The molecule has 2 aromatic rings. The van der Waals surface area contributed by atoms with E-state index in [4.69, 9.17) is 9.47 Å². The highest BCUT2D eigenvalue weighted by Crippen LogP contribution is 2.15. The highest BCUT2D eigenvalue weighted by atomic mass is 16.5. The molecule has 0 saturated carbocycles. The fourth-order valence-corrected chi connectivity index (χ4v) is 2.43. The fourth-order valence-electron chi connectivity index (χ4n) is 2.43. The van der Waals surface area contributed by atoms with Gasteiger partial charge in [0.15, 0.2) is 6.61 Å². The normalized spacial score (nSPS) is 10.1. The first-order valence-corrected chi connectivity index (χ1v) is 8.85. The fraction of sp³-hybridized carbons (Fsp3) is 0.273. The maximum Gasteiger partial charge on any atom is 0.338 e. The van der Waals surface area contributed by atoms with Crippen LogP contribution in [0, 0.1) is 0 Å². The van der Waals surface area contributed by atoms with Crippen molar-refractivity contribution in [1.82, 2.24) is 4.90 Å². The van der Waals surface area contributed by atoms with Crippen molar-refractivity contribution in [3.8, 4) is 5.75 Å². The van der Waals surface area contributed by atoms with Crippen LogP contribution in [-0.2, 0) is 16.1 Å². The number of carbonyl (C=O) groups is 2. The van der Waals surface area contributed by atoms with Gasteiger partial charge in [0.1, 0.15) is 12.4 Å². The number of hydrogen-bond donors (Lipinski definition) is 0. The van der Waals surface area contributed by atoms with Gasteiger partial charge in [-0.2, -0.15) is 0 Å². The van der Waals surface area contributed by atoms with Crippen molar-refractivity contribution >= 4 is 11.9 Å². The van der Waals surface area contributed by atoms with Crippen LogP contribution in [0.2, 0.25) is 0 Å². The number of carbonyl (C=O) groups excluding carboxylic acids is 2. The maximum atomic E-state index is 12.1. The summed E-state index contributed by atoms with van der Waals surface area (Å²) in [6.45, 7) is 8.68. The molecule has 142 valence electrons. The Labute approximate surface area is 160 Å². The number of esters is 1. The van der Waals surface area contributed by atoms with Crippen LogP contribution in [0.5, 0.6) is 5.75 Å². The predicted molar refractivity (Wildman–Crippen MR) is 105 cm³/mol. The quantitative estimate of drug-likeness (QED) is 0.499. The van der Waals surface area contributed by atoms with Gasteiger partial charge < -0.3 is 14.4 Å². The van der Waals surface area contributed by atoms with Crippen LogP contribution in [0.1, 0.15) is 29.8 Å². The molecule has 5 heteroatoms. The first-order chi connectivity index (χ1) is 13.0. The van der Waals surface area contributed by atoms with Crippen molar-refractivity contribution < 1.29 is 19.1 Å². The summed E-state index contributed by atoms with van der Waals surface area (Å²) in [4.78, 5) is 25.8. The number of nitrogens with zero attached hydrogens (tertiary/aromatic N) is 1. The summed E-state index contributed by atoms with van der Waals surface area (Å²) in [7, 11) is 0. The van der Waals surface area contributed by atoms with Crippen molar-refractivity contribution in [1.29, 1.82) is 0 Å². The molecule has 0 heterocycles. The van der Waals surface area contributed by atoms with Crippen molar-refractivity contribution in [2.75, 3.05) is 19.7 Å². The van der Waals surface area contributed by atoms with Gasteiger partial charge in [-0.15, -0.1) is 0 Å². The van der Waals surface area contributed by atoms with Crippen molar-refractivity contribution in [3.63, 3.8) is 0 Å². The molecule has 0 bridgehead atoms. The second-order valence-corrected chi connectivity index (χ2v) is 6.24. The number of rotatable bonds is 9. The average molecular weight is 367 g/mol. The van der Waals surface area contributed by atoms with E-state index in [1.807, 2.05) is 44.2 Å². The minimum Gasteiger partial charge on any atom is -0.489 e. The van der Waals surface area contributed by atoms with Gasteiger partial charge >= 0.3 is 5.97 Å². The van der Waals surface area contributed by atoms with Gasteiger partial charge in [-0.1, -0.05) is 42.5 Å². The summed E-state index contributed by atoms with van der Waals surface area (Å²) in [5.41, 5.74) is 2.31. The first-order valence-electron chi connectivity index (χ1n) is 8.85. The number of ether oxygens (including phenoxy) is 2. The van der Waals surface area contributed by atoms with Crippen LogP contribution in [0.3, 0.4) is 0 Å². The summed E-state index contributed by atoms with van der Waals surface area (Å²) in [6, 6.07) is 16.5. The molecule has 1 amide bonds. The molecule has 0 aliphatic heterocycles. The number of hydrogen-bond acceptors (Lipinski definition) is 4. The molecule has 0 fully saturated rings. The van der Waals surface area contributed by atoms with Gasteiger partial charge in [0, 0.05) is 13.1 Å². The van der Waals surface area contributed by atoms with Crippen molar-refractivity contribution in [2.45, 2.75) is 20.5 Å². The maximum absolute atomic E-state index is 12.1. The van der Waals surface area contributed by atoms with Gasteiger partial charge in [-0.05, 0) is 43.7 Å². The van der Waals surface area contributed by atoms with Gasteiger partial charge in [-0.25, -0.2) is 4.79 Å². The summed E-state index contributed by atoms with van der Waals surface area (Å²) in [6.07, 6.45) is 0. The van der Waals surface area contributed by atoms with E-state index in [0.29, 0.717) is 31.0 Å². The lowest BCUT2D eigenvalue weighted by atomic mass is 10.2. The SMILES string of the molecule is C=C(C)CN(CC)C(=O)COC(=O)c1ccc(OCc2ccccc2)cc1. The highest BCUT2D eigenvalue weighted by molar-refractivity contribution is 5.91. The Bertz CT molecular complexity index is 769. The number of likely N-dealkylation sites (N-methyl/N-ethyl adjacent to an activating group) is 1. The Morgan fingerprint density at radius 3 is 2.30 bits per heavy atom. The topological polar surface area (TPSA) is 55.8 Å². The first kappa shape index (κ1) is 20.2. The molecule has 0 aromatic heterocycles. The van der Waals surface area contributed by atoms with Crippen LogP contribution in [0.4, 0.5) is 0 Å². The van der Waals surface area contributed by atoms with Crippen LogP contribution in [-0.4, -0.2) is 36.5 Å². The van der Waals surface area contributed by atoms with Crippen molar-refractivity contribution in [3.05, 3.63) is 77.9 Å². The van der Waals surface area contributed by atoms with Gasteiger partial charge in [-0.3, -0.25) is 4.79 Å².